The number of hydrogen-bond acceptors (Lipinski definition) is 5. The van der Waals surface area contributed by atoms with Crippen LogP contribution >= 0.6 is 0 Å². The Morgan fingerprint density at radius 2 is 2.00 bits per heavy atom. The van der Waals surface area contributed by atoms with E-state index in [2.05, 4.69) is 51.8 Å². The van der Waals surface area contributed by atoms with Gasteiger partial charge in [0, 0.05) is 6.54 Å². The summed E-state index contributed by atoms with van der Waals surface area (Å²) in [7, 11) is 0. The first-order chi connectivity index (χ1) is 9.79. The van der Waals surface area contributed by atoms with Gasteiger partial charge in [-0.25, -0.2) is 0 Å². The average Bonchev–Trinajstić information content (AvgIpc) is 2.49. The second-order valence-corrected chi connectivity index (χ2v) is 4.72. The van der Waals surface area contributed by atoms with E-state index in [9.17, 15) is 0 Å². The van der Waals surface area contributed by atoms with Gasteiger partial charge in [-0.05, 0) is 18.9 Å². The standard InChI is InChI=1S/C15H21N5/c1-3-4-10-16-14-11-17-20-15(19-14)18-12(2)13-8-6-5-7-9-13/h5-9,11-12H,3-4,10H2,1-2H3,(H2,16,18,19,20). The smallest absolute Gasteiger partial charge is 0.245 e. The quantitative estimate of drug-likeness (QED) is 0.757. The van der Waals surface area contributed by atoms with Crippen molar-refractivity contribution in [1.29, 1.82) is 0 Å². The van der Waals surface area contributed by atoms with Crippen molar-refractivity contribution in [1.82, 2.24) is 15.2 Å². The molecule has 2 aromatic rings. The topological polar surface area (TPSA) is 62.7 Å². The number of nitrogens with zero attached hydrogens (tertiary/aromatic N) is 3. The highest BCUT2D eigenvalue weighted by atomic mass is 15.3. The van der Waals surface area contributed by atoms with Crippen molar-refractivity contribution >= 4 is 11.8 Å². The zero-order valence-corrected chi connectivity index (χ0v) is 12.0. The summed E-state index contributed by atoms with van der Waals surface area (Å²) in [5.41, 5.74) is 1.19. The van der Waals surface area contributed by atoms with Crippen LogP contribution in [0.5, 0.6) is 0 Å². The number of nitrogens with one attached hydrogen (secondary N) is 2. The van der Waals surface area contributed by atoms with Crippen molar-refractivity contribution in [2.75, 3.05) is 17.2 Å². The van der Waals surface area contributed by atoms with Crippen LogP contribution in [0.15, 0.2) is 36.5 Å². The Hall–Kier alpha value is -2.17. The lowest BCUT2D eigenvalue weighted by atomic mass is 10.1. The Kier molecular flexibility index (Phi) is 5.29. The van der Waals surface area contributed by atoms with Gasteiger partial charge in [-0.2, -0.15) is 10.1 Å². The maximum Gasteiger partial charge on any atom is 0.245 e. The second kappa shape index (κ2) is 7.43. The summed E-state index contributed by atoms with van der Waals surface area (Å²) >= 11 is 0. The van der Waals surface area contributed by atoms with Crippen LogP contribution in [0.2, 0.25) is 0 Å². The minimum atomic E-state index is 0.142. The Morgan fingerprint density at radius 3 is 2.75 bits per heavy atom. The number of unbranched alkanes of at least 4 members (excludes halogenated alkanes) is 1. The summed E-state index contributed by atoms with van der Waals surface area (Å²) < 4.78 is 0. The van der Waals surface area contributed by atoms with Crippen LogP contribution in [0.25, 0.3) is 0 Å². The molecule has 0 saturated carbocycles. The van der Waals surface area contributed by atoms with Crippen LogP contribution in [0.1, 0.15) is 38.3 Å². The molecule has 1 atom stereocenters. The zero-order valence-electron chi connectivity index (χ0n) is 12.0. The van der Waals surface area contributed by atoms with E-state index in [4.69, 9.17) is 0 Å². The van der Waals surface area contributed by atoms with Crippen molar-refractivity contribution < 1.29 is 0 Å². The molecule has 0 saturated heterocycles. The number of anilines is 2. The first-order valence-electron chi connectivity index (χ1n) is 7.04. The number of rotatable bonds is 7. The number of aromatic nitrogens is 3. The highest BCUT2D eigenvalue weighted by molar-refractivity contribution is 5.38. The van der Waals surface area contributed by atoms with Gasteiger partial charge in [-0.15, -0.1) is 5.10 Å². The summed E-state index contributed by atoms with van der Waals surface area (Å²) in [5, 5.41) is 14.5. The molecule has 0 amide bonds. The van der Waals surface area contributed by atoms with Gasteiger partial charge < -0.3 is 10.6 Å². The van der Waals surface area contributed by atoms with Crippen molar-refractivity contribution in [3.63, 3.8) is 0 Å². The fraction of sp³-hybridized carbons (Fsp3) is 0.400. The van der Waals surface area contributed by atoms with Gasteiger partial charge in [0.2, 0.25) is 5.95 Å². The molecule has 106 valence electrons. The summed E-state index contributed by atoms with van der Waals surface area (Å²) in [6.45, 7) is 5.15. The molecule has 2 N–H and O–H groups in total. The Balaban J connectivity index is 1.97. The van der Waals surface area contributed by atoms with Gasteiger partial charge in [0.25, 0.3) is 0 Å². The summed E-state index contributed by atoms with van der Waals surface area (Å²) in [5.74, 6) is 1.30. The molecule has 0 spiro atoms. The van der Waals surface area contributed by atoms with E-state index in [1.165, 1.54) is 5.56 Å². The third kappa shape index (κ3) is 4.19. The minimum absolute atomic E-state index is 0.142. The van der Waals surface area contributed by atoms with Crippen LogP contribution in [-0.4, -0.2) is 21.7 Å². The highest BCUT2D eigenvalue weighted by Gasteiger charge is 2.07. The summed E-state index contributed by atoms with van der Waals surface area (Å²) in [6, 6.07) is 10.4. The van der Waals surface area contributed by atoms with Crippen LogP contribution in [-0.2, 0) is 0 Å². The summed E-state index contributed by atoms with van der Waals surface area (Å²) in [6.07, 6.45) is 3.92. The van der Waals surface area contributed by atoms with Crippen LogP contribution in [0.3, 0.4) is 0 Å². The van der Waals surface area contributed by atoms with Crippen molar-refractivity contribution in [3.05, 3.63) is 42.1 Å². The fourth-order valence-electron chi connectivity index (χ4n) is 1.86. The Morgan fingerprint density at radius 1 is 1.20 bits per heavy atom. The lowest BCUT2D eigenvalue weighted by molar-refractivity contribution is 0.818. The largest absolute Gasteiger partial charge is 0.369 e. The molecule has 1 aromatic carbocycles. The van der Waals surface area contributed by atoms with E-state index in [1.807, 2.05) is 18.2 Å². The molecule has 5 heteroatoms. The molecule has 1 aromatic heterocycles. The highest BCUT2D eigenvalue weighted by Crippen LogP contribution is 2.16. The second-order valence-electron chi connectivity index (χ2n) is 4.72. The monoisotopic (exact) mass is 271 g/mol. The molecule has 20 heavy (non-hydrogen) atoms. The zero-order chi connectivity index (χ0) is 14.2. The maximum atomic E-state index is 4.41. The van der Waals surface area contributed by atoms with E-state index in [-0.39, 0.29) is 6.04 Å². The van der Waals surface area contributed by atoms with Gasteiger partial charge in [0.05, 0.1) is 12.2 Å². The molecule has 0 fully saturated rings. The SMILES string of the molecule is CCCCNc1cnnc(NC(C)c2ccccc2)n1. The molecule has 0 bridgehead atoms. The molecule has 5 nitrogen and oxygen atoms in total. The molecular formula is C15H21N5. The van der Waals surface area contributed by atoms with Gasteiger partial charge in [-0.1, -0.05) is 43.7 Å². The fourth-order valence-corrected chi connectivity index (χ4v) is 1.86. The van der Waals surface area contributed by atoms with E-state index in [1.54, 1.807) is 6.20 Å². The van der Waals surface area contributed by atoms with Crippen LogP contribution in [0.4, 0.5) is 11.8 Å². The van der Waals surface area contributed by atoms with Gasteiger partial charge in [-0.3, -0.25) is 0 Å². The lowest BCUT2D eigenvalue weighted by Gasteiger charge is -2.14. The first-order valence-corrected chi connectivity index (χ1v) is 7.04. The van der Waals surface area contributed by atoms with E-state index < -0.39 is 0 Å². The molecule has 0 radical (unpaired) electrons. The maximum absolute atomic E-state index is 4.41. The van der Waals surface area contributed by atoms with Crippen molar-refractivity contribution in [2.24, 2.45) is 0 Å². The van der Waals surface area contributed by atoms with E-state index >= 15 is 0 Å². The van der Waals surface area contributed by atoms with Gasteiger partial charge >= 0.3 is 0 Å². The third-order valence-corrected chi connectivity index (χ3v) is 3.04. The molecule has 2 rings (SSSR count). The predicted octanol–water partition coefficient (Wildman–Crippen LogP) is 3.26. The molecule has 1 unspecified atom stereocenters. The van der Waals surface area contributed by atoms with Crippen molar-refractivity contribution in [2.45, 2.75) is 32.7 Å². The molecule has 0 aliphatic heterocycles. The number of hydrogen-bond donors (Lipinski definition) is 2. The lowest BCUT2D eigenvalue weighted by Crippen LogP contribution is -2.12. The Bertz CT molecular complexity index is 515. The molecule has 0 aliphatic carbocycles. The van der Waals surface area contributed by atoms with Crippen LogP contribution < -0.4 is 10.6 Å². The minimum Gasteiger partial charge on any atom is -0.369 e. The van der Waals surface area contributed by atoms with Gasteiger partial charge in [0.1, 0.15) is 5.82 Å². The number of benzene rings is 1. The first kappa shape index (κ1) is 14.2. The molecule has 0 aliphatic rings. The van der Waals surface area contributed by atoms with Crippen molar-refractivity contribution in [3.8, 4) is 0 Å². The third-order valence-electron chi connectivity index (χ3n) is 3.04. The molecular weight excluding hydrogens is 250 g/mol. The Labute approximate surface area is 119 Å². The summed E-state index contributed by atoms with van der Waals surface area (Å²) in [4.78, 5) is 4.41. The van der Waals surface area contributed by atoms with Crippen LogP contribution in [0, 0.1) is 0 Å². The van der Waals surface area contributed by atoms with E-state index in [0.29, 0.717) is 5.95 Å². The van der Waals surface area contributed by atoms with Gasteiger partial charge in [0.15, 0.2) is 0 Å². The molecule has 1 heterocycles. The van der Waals surface area contributed by atoms with E-state index in [0.717, 1.165) is 25.2 Å². The normalized spacial score (nSPS) is 11.9. The predicted molar refractivity (Wildman–Crippen MR) is 81.7 cm³/mol. The average molecular weight is 271 g/mol.